The van der Waals surface area contributed by atoms with E-state index in [4.69, 9.17) is 10.00 Å². The molecule has 0 spiro atoms. The van der Waals surface area contributed by atoms with Gasteiger partial charge in [0.2, 0.25) is 12.2 Å². The third-order valence-electron chi connectivity index (χ3n) is 3.62. The fraction of sp³-hybridized carbons (Fsp3) is 0.250. The Labute approximate surface area is 137 Å². The molecule has 8 heteroatoms. The quantitative estimate of drug-likeness (QED) is 0.857. The zero-order valence-corrected chi connectivity index (χ0v) is 12.7. The number of aromatic nitrogens is 2. The van der Waals surface area contributed by atoms with E-state index in [1.165, 1.54) is 0 Å². The Hall–Kier alpha value is -3.05. The molecule has 1 N–H and O–H groups in total. The van der Waals surface area contributed by atoms with Gasteiger partial charge in [-0.2, -0.15) is 9.65 Å². The Morgan fingerprint density at radius 1 is 1.25 bits per heavy atom. The van der Waals surface area contributed by atoms with Gasteiger partial charge in [-0.3, -0.25) is 4.79 Å². The van der Waals surface area contributed by atoms with Crippen molar-refractivity contribution in [3.05, 3.63) is 35.8 Å². The van der Waals surface area contributed by atoms with Crippen molar-refractivity contribution in [1.82, 2.24) is 9.97 Å². The summed E-state index contributed by atoms with van der Waals surface area (Å²) in [7, 11) is 0. The van der Waals surface area contributed by atoms with Crippen LogP contribution >= 0.6 is 0 Å². The van der Waals surface area contributed by atoms with Gasteiger partial charge >= 0.3 is 0 Å². The van der Waals surface area contributed by atoms with Gasteiger partial charge in [-0.15, -0.1) is 0 Å². The van der Waals surface area contributed by atoms with Crippen LogP contribution in [0.3, 0.4) is 0 Å². The van der Waals surface area contributed by atoms with Gasteiger partial charge in [0, 0.05) is 24.3 Å². The first kappa shape index (κ1) is 15.8. The van der Waals surface area contributed by atoms with Crippen LogP contribution in [0.15, 0.2) is 24.3 Å². The third-order valence-corrected chi connectivity index (χ3v) is 3.62. The highest BCUT2D eigenvalue weighted by molar-refractivity contribution is 5.73. The minimum absolute atomic E-state index is 0.106. The van der Waals surface area contributed by atoms with E-state index in [0.717, 1.165) is 0 Å². The Morgan fingerprint density at radius 2 is 1.96 bits per heavy atom. The summed E-state index contributed by atoms with van der Waals surface area (Å²) < 4.78 is 19.7. The second-order valence-corrected chi connectivity index (χ2v) is 5.08. The summed E-state index contributed by atoms with van der Waals surface area (Å²) in [6.07, 6.45) is 0.577. The lowest BCUT2D eigenvalue weighted by molar-refractivity contribution is -0.105. The van der Waals surface area contributed by atoms with E-state index >= 15 is 0 Å². The maximum Gasteiger partial charge on any atom is 0.211 e. The predicted octanol–water partition coefficient (Wildman–Crippen LogP) is 1.56. The molecule has 122 valence electrons. The number of carbonyl (C=O) groups is 1. The molecule has 1 aromatic carbocycles. The summed E-state index contributed by atoms with van der Waals surface area (Å²) in [6, 6.07) is 8.52. The number of hydrogen-bond donors (Lipinski definition) is 1. The minimum atomic E-state index is -0.720. The van der Waals surface area contributed by atoms with E-state index in [1.807, 2.05) is 0 Å². The van der Waals surface area contributed by atoms with Crippen LogP contribution in [0.5, 0.6) is 0 Å². The normalized spacial score (nSPS) is 14.1. The van der Waals surface area contributed by atoms with Crippen LogP contribution in [-0.2, 0) is 9.53 Å². The lowest BCUT2D eigenvalue weighted by Crippen LogP contribution is -2.37. The molecule has 1 amide bonds. The molecule has 7 nitrogen and oxygen atoms in total. The van der Waals surface area contributed by atoms with Gasteiger partial charge in [0.25, 0.3) is 0 Å². The number of halogens is 1. The molecule has 3 rings (SSSR count). The highest BCUT2D eigenvalue weighted by atomic mass is 19.1. The lowest BCUT2D eigenvalue weighted by Gasteiger charge is -2.28. The van der Waals surface area contributed by atoms with Crippen molar-refractivity contribution in [2.24, 2.45) is 0 Å². The molecular formula is C16H14FN5O2. The van der Waals surface area contributed by atoms with Crippen LogP contribution in [-0.4, -0.2) is 42.7 Å². The number of nitrogens with zero attached hydrogens (tertiary/aromatic N) is 4. The first-order valence-electron chi connectivity index (χ1n) is 7.34. The number of hydrogen-bond acceptors (Lipinski definition) is 6. The van der Waals surface area contributed by atoms with Crippen LogP contribution in [0, 0.1) is 17.1 Å². The monoisotopic (exact) mass is 327 g/mol. The summed E-state index contributed by atoms with van der Waals surface area (Å²) >= 11 is 0. The number of ether oxygens (including phenoxy) is 1. The smallest absolute Gasteiger partial charge is 0.211 e. The zero-order valence-electron chi connectivity index (χ0n) is 12.7. The Morgan fingerprint density at radius 3 is 2.58 bits per heavy atom. The molecular weight excluding hydrogens is 313 g/mol. The number of nitrogens with one attached hydrogen (secondary N) is 1. The van der Waals surface area contributed by atoms with Crippen LogP contribution in [0.1, 0.15) is 5.69 Å². The lowest BCUT2D eigenvalue weighted by atomic mass is 10.2. The predicted molar refractivity (Wildman–Crippen MR) is 84.9 cm³/mol. The second kappa shape index (κ2) is 7.02. The summed E-state index contributed by atoms with van der Waals surface area (Å²) in [5, 5.41) is 11.7. The fourth-order valence-corrected chi connectivity index (χ4v) is 2.41. The summed E-state index contributed by atoms with van der Waals surface area (Å²) in [6.45, 7) is 1.96. The van der Waals surface area contributed by atoms with E-state index in [1.54, 1.807) is 35.2 Å². The van der Waals surface area contributed by atoms with Crippen LogP contribution in [0.2, 0.25) is 0 Å². The van der Waals surface area contributed by atoms with Crippen molar-refractivity contribution < 1.29 is 13.9 Å². The number of rotatable bonds is 4. The maximum absolute atomic E-state index is 14.4. The second-order valence-electron chi connectivity index (χ2n) is 5.08. The van der Waals surface area contributed by atoms with Gasteiger partial charge in [-0.25, -0.2) is 9.97 Å². The molecule has 0 unspecified atom stereocenters. The molecule has 0 bridgehead atoms. The third kappa shape index (κ3) is 3.16. The number of amides is 1. The van der Waals surface area contributed by atoms with Crippen molar-refractivity contribution in [2.75, 3.05) is 36.5 Å². The van der Waals surface area contributed by atoms with E-state index < -0.39 is 5.82 Å². The topological polar surface area (TPSA) is 91.1 Å². The fourth-order valence-electron chi connectivity index (χ4n) is 2.41. The van der Waals surface area contributed by atoms with Crippen molar-refractivity contribution in [3.63, 3.8) is 0 Å². The average Bonchev–Trinajstić information content (AvgIpc) is 2.64. The van der Waals surface area contributed by atoms with E-state index in [2.05, 4.69) is 15.3 Å². The first-order valence-corrected chi connectivity index (χ1v) is 7.34. The van der Waals surface area contributed by atoms with Crippen molar-refractivity contribution in [1.29, 1.82) is 5.26 Å². The van der Waals surface area contributed by atoms with Gasteiger partial charge in [0.1, 0.15) is 6.07 Å². The van der Waals surface area contributed by atoms with Gasteiger partial charge in [0.15, 0.2) is 17.3 Å². The summed E-state index contributed by atoms with van der Waals surface area (Å²) in [4.78, 5) is 20.5. The SMILES string of the molecule is N#Cc1nc(-c2ccc(NC=O)cc2)nc(N2CCOCC2)c1F. The largest absolute Gasteiger partial charge is 0.378 e. The van der Waals surface area contributed by atoms with E-state index in [9.17, 15) is 9.18 Å². The highest BCUT2D eigenvalue weighted by Gasteiger charge is 2.22. The molecule has 1 aliphatic heterocycles. The Kier molecular flexibility index (Phi) is 4.63. The molecule has 1 saturated heterocycles. The van der Waals surface area contributed by atoms with E-state index in [-0.39, 0.29) is 17.3 Å². The molecule has 1 aliphatic rings. The number of nitriles is 1. The standard InChI is InChI=1S/C16H14FN5O2/c17-14-13(9-18)20-15(11-1-3-12(4-2-11)19-10-23)21-16(14)22-5-7-24-8-6-22/h1-4,10H,5-8H2,(H,19,23). The summed E-state index contributed by atoms with van der Waals surface area (Å²) in [5.74, 6) is -0.357. The molecule has 2 heterocycles. The van der Waals surface area contributed by atoms with Gasteiger partial charge in [-0.1, -0.05) is 0 Å². The van der Waals surface area contributed by atoms with Crippen molar-refractivity contribution in [2.45, 2.75) is 0 Å². The average molecular weight is 327 g/mol. The van der Waals surface area contributed by atoms with Crippen LogP contribution in [0.4, 0.5) is 15.9 Å². The number of carbonyl (C=O) groups excluding carboxylic acids is 1. The molecule has 2 aromatic rings. The Balaban J connectivity index is 2.01. The molecule has 1 aromatic heterocycles. The van der Waals surface area contributed by atoms with Gasteiger partial charge in [-0.05, 0) is 24.3 Å². The molecule has 0 atom stereocenters. The molecule has 0 saturated carbocycles. The minimum Gasteiger partial charge on any atom is -0.378 e. The number of benzene rings is 1. The van der Waals surface area contributed by atoms with Crippen molar-refractivity contribution >= 4 is 17.9 Å². The van der Waals surface area contributed by atoms with Crippen molar-refractivity contribution in [3.8, 4) is 17.5 Å². The Bertz CT molecular complexity index is 782. The van der Waals surface area contributed by atoms with E-state index in [0.29, 0.717) is 44.0 Å². The molecule has 0 radical (unpaired) electrons. The van der Waals surface area contributed by atoms with Crippen LogP contribution in [0.25, 0.3) is 11.4 Å². The maximum atomic E-state index is 14.4. The first-order chi connectivity index (χ1) is 11.7. The highest BCUT2D eigenvalue weighted by Crippen LogP contribution is 2.25. The number of morpholine rings is 1. The molecule has 1 fully saturated rings. The molecule has 24 heavy (non-hydrogen) atoms. The van der Waals surface area contributed by atoms with Gasteiger partial charge in [0.05, 0.1) is 13.2 Å². The number of anilines is 2. The van der Waals surface area contributed by atoms with Gasteiger partial charge < -0.3 is 15.0 Å². The summed E-state index contributed by atoms with van der Waals surface area (Å²) in [5.41, 5.74) is 0.943. The van der Waals surface area contributed by atoms with Crippen LogP contribution < -0.4 is 10.2 Å². The zero-order chi connectivity index (χ0) is 16.9. The molecule has 0 aliphatic carbocycles.